The molecule has 3 nitrogen and oxygen atoms in total. The van der Waals surface area contributed by atoms with Gasteiger partial charge in [-0.3, -0.25) is 4.79 Å². The fraction of sp³-hybridized carbons (Fsp3) is 0.235. The fourth-order valence-corrected chi connectivity index (χ4v) is 3.17. The Morgan fingerprint density at radius 2 is 1.91 bits per heavy atom. The summed E-state index contributed by atoms with van der Waals surface area (Å²) in [5, 5.41) is 2.94. The predicted octanol–water partition coefficient (Wildman–Crippen LogP) is 4.54. The molecule has 2 aromatic rings. The number of amides is 1. The van der Waals surface area contributed by atoms with Crippen molar-refractivity contribution in [2.45, 2.75) is 16.2 Å². The lowest BCUT2D eigenvalue weighted by molar-refractivity contribution is -0.115. The Labute approximate surface area is 139 Å². The number of carbonyl (C=O) groups is 1. The number of hydrogen-bond donors (Lipinski definition) is 1. The van der Waals surface area contributed by atoms with Crippen molar-refractivity contribution >= 4 is 35.1 Å². The summed E-state index contributed by atoms with van der Waals surface area (Å²) in [4.78, 5) is 14.2. The molecule has 0 heterocycles. The zero-order valence-electron chi connectivity index (χ0n) is 12.7. The van der Waals surface area contributed by atoms with E-state index in [0.29, 0.717) is 6.42 Å². The Kier molecular flexibility index (Phi) is 6.68. The molecular weight excluding hydrogens is 314 g/mol. The zero-order valence-corrected chi connectivity index (χ0v) is 14.3. The molecule has 0 unspecified atom stereocenters. The van der Waals surface area contributed by atoms with Gasteiger partial charge in [0.05, 0.1) is 7.11 Å². The summed E-state index contributed by atoms with van der Waals surface area (Å²) in [5.74, 6) is 1.63. The number of methoxy groups -OCH3 is 1. The molecule has 0 saturated carbocycles. The maximum Gasteiger partial charge on any atom is 0.225 e. The molecule has 0 aliphatic rings. The smallest absolute Gasteiger partial charge is 0.225 e. The molecule has 1 amide bonds. The molecule has 0 aromatic heterocycles. The maximum absolute atomic E-state index is 12.0. The monoisotopic (exact) mass is 333 g/mol. The number of benzene rings is 2. The highest BCUT2D eigenvalue weighted by atomic mass is 32.2. The van der Waals surface area contributed by atoms with Crippen LogP contribution >= 0.6 is 23.5 Å². The molecule has 1 N–H and O–H groups in total. The molecule has 0 aliphatic carbocycles. The number of anilines is 1. The van der Waals surface area contributed by atoms with Crippen LogP contribution in [0.2, 0.25) is 0 Å². The summed E-state index contributed by atoms with van der Waals surface area (Å²) in [7, 11) is 1.65. The third-order valence-corrected chi connectivity index (χ3v) is 4.75. The zero-order chi connectivity index (χ0) is 15.8. The number of nitrogens with one attached hydrogen (secondary N) is 1. The highest BCUT2D eigenvalue weighted by Crippen LogP contribution is 2.22. The van der Waals surface area contributed by atoms with Gasteiger partial charge in [0.15, 0.2) is 0 Å². The van der Waals surface area contributed by atoms with Crippen LogP contribution in [0.4, 0.5) is 5.69 Å². The minimum atomic E-state index is 0.0410. The second-order valence-corrected chi connectivity index (χ2v) is 6.60. The van der Waals surface area contributed by atoms with Crippen molar-refractivity contribution in [1.82, 2.24) is 0 Å². The van der Waals surface area contributed by atoms with E-state index in [4.69, 9.17) is 4.74 Å². The van der Waals surface area contributed by atoms with Crippen molar-refractivity contribution in [3.8, 4) is 5.75 Å². The van der Waals surface area contributed by atoms with Crippen LogP contribution in [0, 0.1) is 0 Å². The summed E-state index contributed by atoms with van der Waals surface area (Å²) in [6, 6.07) is 15.7. The molecule has 0 aliphatic heterocycles. The third kappa shape index (κ3) is 5.31. The molecule has 0 fully saturated rings. The number of thioether (sulfide) groups is 2. The number of hydrogen-bond acceptors (Lipinski definition) is 4. The molecule has 0 bridgehead atoms. The molecule has 0 radical (unpaired) electrons. The highest BCUT2D eigenvalue weighted by Gasteiger charge is 2.04. The molecule has 5 heteroatoms. The SMILES string of the molecule is COc1ccc(SCCC(=O)Nc2cccc(SC)c2)cc1. The lowest BCUT2D eigenvalue weighted by Gasteiger charge is -2.07. The van der Waals surface area contributed by atoms with Gasteiger partial charge in [-0.2, -0.15) is 0 Å². The lowest BCUT2D eigenvalue weighted by atomic mass is 10.3. The van der Waals surface area contributed by atoms with Gasteiger partial charge in [0.25, 0.3) is 0 Å². The van der Waals surface area contributed by atoms with Crippen LogP contribution in [0.1, 0.15) is 6.42 Å². The first-order valence-electron chi connectivity index (χ1n) is 6.92. The molecule has 2 aromatic carbocycles. The first-order chi connectivity index (χ1) is 10.7. The Bertz CT molecular complexity index is 614. The van der Waals surface area contributed by atoms with Gasteiger partial charge in [-0.1, -0.05) is 6.07 Å². The van der Waals surface area contributed by atoms with Crippen LogP contribution in [0.3, 0.4) is 0 Å². The summed E-state index contributed by atoms with van der Waals surface area (Å²) < 4.78 is 5.12. The predicted molar refractivity (Wildman–Crippen MR) is 95.2 cm³/mol. The van der Waals surface area contributed by atoms with Crippen molar-refractivity contribution in [2.24, 2.45) is 0 Å². The van der Waals surface area contributed by atoms with E-state index in [1.54, 1.807) is 30.6 Å². The Balaban J connectivity index is 1.77. The van der Waals surface area contributed by atoms with Gasteiger partial charge in [-0.15, -0.1) is 23.5 Å². The van der Waals surface area contributed by atoms with E-state index in [1.807, 2.05) is 54.8 Å². The van der Waals surface area contributed by atoms with Crippen LogP contribution < -0.4 is 10.1 Å². The van der Waals surface area contributed by atoms with Crippen LogP contribution in [-0.2, 0) is 4.79 Å². The molecular formula is C17H19NO2S2. The quantitative estimate of drug-likeness (QED) is 0.755. The normalized spacial score (nSPS) is 10.3. The van der Waals surface area contributed by atoms with Crippen molar-refractivity contribution in [3.63, 3.8) is 0 Å². The van der Waals surface area contributed by atoms with Gasteiger partial charge in [-0.25, -0.2) is 0 Å². The molecule has 0 saturated heterocycles. The van der Waals surface area contributed by atoms with Crippen LogP contribution in [0.15, 0.2) is 58.3 Å². The van der Waals surface area contributed by atoms with Crippen LogP contribution in [-0.4, -0.2) is 25.0 Å². The second-order valence-electron chi connectivity index (χ2n) is 4.55. The molecule has 116 valence electrons. The summed E-state index contributed by atoms with van der Waals surface area (Å²) >= 11 is 3.33. The van der Waals surface area contributed by atoms with E-state index in [0.717, 1.165) is 27.0 Å². The molecule has 0 spiro atoms. The first-order valence-corrected chi connectivity index (χ1v) is 9.13. The second kappa shape index (κ2) is 8.76. The summed E-state index contributed by atoms with van der Waals surface area (Å²) in [5.41, 5.74) is 0.853. The minimum Gasteiger partial charge on any atom is -0.497 e. The van der Waals surface area contributed by atoms with E-state index >= 15 is 0 Å². The van der Waals surface area contributed by atoms with Gasteiger partial charge in [0.1, 0.15) is 5.75 Å². The van der Waals surface area contributed by atoms with E-state index < -0.39 is 0 Å². The topological polar surface area (TPSA) is 38.3 Å². The third-order valence-electron chi connectivity index (χ3n) is 3.01. The van der Waals surface area contributed by atoms with Gasteiger partial charge in [0.2, 0.25) is 5.91 Å². The van der Waals surface area contributed by atoms with Crippen molar-refractivity contribution in [1.29, 1.82) is 0 Å². The van der Waals surface area contributed by atoms with E-state index in [9.17, 15) is 4.79 Å². The Morgan fingerprint density at radius 3 is 2.59 bits per heavy atom. The number of ether oxygens (including phenoxy) is 1. The van der Waals surface area contributed by atoms with Crippen molar-refractivity contribution in [3.05, 3.63) is 48.5 Å². The lowest BCUT2D eigenvalue weighted by Crippen LogP contribution is -2.12. The number of carbonyl (C=O) groups excluding carboxylic acids is 1. The van der Waals surface area contributed by atoms with Crippen molar-refractivity contribution in [2.75, 3.05) is 24.4 Å². The molecule has 22 heavy (non-hydrogen) atoms. The Morgan fingerprint density at radius 1 is 1.14 bits per heavy atom. The maximum atomic E-state index is 12.0. The minimum absolute atomic E-state index is 0.0410. The van der Waals surface area contributed by atoms with Crippen molar-refractivity contribution < 1.29 is 9.53 Å². The first kappa shape index (κ1) is 16.8. The van der Waals surface area contributed by atoms with Gasteiger partial charge in [-0.05, 0) is 48.7 Å². The summed E-state index contributed by atoms with van der Waals surface area (Å²) in [6.07, 6.45) is 2.51. The van der Waals surface area contributed by atoms with E-state index in [2.05, 4.69) is 5.32 Å². The van der Waals surface area contributed by atoms with Gasteiger partial charge < -0.3 is 10.1 Å². The van der Waals surface area contributed by atoms with Gasteiger partial charge >= 0.3 is 0 Å². The fourth-order valence-electron chi connectivity index (χ4n) is 1.86. The average Bonchev–Trinajstić information content (AvgIpc) is 2.55. The standard InChI is InChI=1S/C17H19NO2S2/c1-20-14-6-8-15(9-7-14)22-11-10-17(19)18-13-4-3-5-16(12-13)21-2/h3-9,12H,10-11H2,1-2H3,(H,18,19). The number of rotatable bonds is 7. The Hall–Kier alpha value is -1.59. The van der Waals surface area contributed by atoms with Crippen LogP contribution in [0.25, 0.3) is 0 Å². The molecule has 2 rings (SSSR count). The molecule has 0 atom stereocenters. The largest absolute Gasteiger partial charge is 0.497 e. The van der Waals surface area contributed by atoms with Gasteiger partial charge in [0, 0.05) is 27.7 Å². The summed E-state index contributed by atoms with van der Waals surface area (Å²) in [6.45, 7) is 0. The highest BCUT2D eigenvalue weighted by molar-refractivity contribution is 7.99. The van der Waals surface area contributed by atoms with Crippen LogP contribution in [0.5, 0.6) is 5.75 Å². The average molecular weight is 333 g/mol. The van der Waals surface area contributed by atoms with E-state index in [1.165, 1.54) is 0 Å². The van der Waals surface area contributed by atoms with E-state index in [-0.39, 0.29) is 5.91 Å².